The average molecular weight is 499 g/mol. The Balaban J connectivity index is 0.00000261. The predicted octanol–water partition coefficient (Wildman–Crippen LogP) is 3.62. The lowest BCUT2D eigenvalue weighted by atomic mass is 10.1. The minimum atomic E-state index is 0. The van der Waals surface area contributed by atoms with Gasteiger partial charge in [-0.25, -0.2) is 4.98 Å². The lowest BCUT2D eigenvalue weighted by molar-refractivity contribution is 0.656. The van der Waals surface area contributed by atoms with Gasteiger partial charge in [0.25, 0.3) is 0 Å². The van der Waals surface area contributed by atoms with Crippen molar-refractivity contribution in [1.82, 2.24) is 15.6 Å². The molecule has 2 N–H and O–H groups in total. The van der Waals surface area contributed by atoms with E-state index in [1.807, 2.05) is 6.92 Å². The number of fused-ring (bicyclic) bond motifs is 1. The number of aryl methyl sites for hydroxylation is 1. The number of nitrogens with one attached hydrogen (secondary N) is 2. The number of rotatable bonds is 7. The fourth-order valence-electron chi connectivity index (χ4n) is 3.41. The zero-order valence-corrected chi connectivity index (χ0v) is 19.5. The predicted molar refractivity (Wildman–Crippen MR) is 127 cm³/mol. The number of benzene rings is 1. The number of aliphatic imine (C=N–C) groups is 1. The lowest BCUT2D eigenvalue weighted by Gasteiger charge is -2.25. The van der Waals surface area contributed by atoms with E-state index in [2.05, 4.69) is 69.0 Å². The molecular weight excluding hydrogens is 469 g/mol. The highest BCUT2D eigenvalue weighted by Crippen LogP contribution is 2.31. The smallest absolute Gasteiger partial charge is 0.191 e. The molecule has 0 spiro atoms. The van der Waals surface area contributed by atoms with Gasteiger partial charge in [-0.1, -0.05) is 18.2 Å². The van der Waals surface area contributed by atoms with Gasteiger partial charge < -0.3 is 15.5 Å². The number of nitrogens with zero attached hydrogens (tertiary/aromatic N) is 3. The molecule has 0 radical (unpaired) electrons. The average Bonchev–Trinajstić information content (AvgIpc) is 3.18. The minimum absolute atomic E-state index is 0. The van der Waals surface area contributed by atoms with Crippen LogP contribution in [0.15, 0.2) is 34.6 Å². The Kier molecular flexibility index (Phi) is 8.82. The van der Waals surface area contributed by atoms with E-state index < -0.39 is 0 Å². The van der Waals surface area contributed by atoms with E-state index in [-0.39, 0.29) is 24.0 Å². The van der Waals surface area contributed by atoms with E-state index in [0.29, 0.717) is 6.04 Å². The zero-order valence-electron chi connectivity index (χ0n) is 16.4. The number of guanidine groups is 1. The van der Waals surface area contributed by atoms with Gasteiger partial charge in [0.15, 0.2) is 5.96 Å². The molecular formula is C20H30IN5S. The van der Waals surface area contributed by atoms with Crippen LogP contribution in [0.25, 0.3) is 0 Å². The molecule has 0 saturated carbocycles. The van der Waals surface area contributed by atoms with Crippen LogP contribution in [0.1, 0.15) is 30.1 Å². The first kappa shape index (κ1) is 21.9. The van der Waals surface area contributed by atoms with E-state index in [9.17, 15) is 0 Å². The lowest BCUT2D eigenvalue weighted by Crippen LogP contribution is -2.43. The highest BCUT2D eigenvalue weighted by atomic mass is 127. The fourth-order valence-corrected chi connectivity index (χ4v) is 4.06. The molecule has 3 rings (SSSR count). The van der Waals surface area contributed by atoms with E-state index in [1.165, 1.54) is 11.3 Å². The van der Waals surface area contributed by atoms with Crippen molar-refractivity contribution in [1.29, 1.82) is 0 Å². The number of hydrogen-bond acceptors (Lipinski definition) is 4. The molecule has 0 bridgehead atoms. The highest BCUT2D eigenvalue weighted by molar-refractivity contribution is 14.0. The fraction of sp³-hybridized carbons (Fsp3) is 0.500. The van der Waals surface area contributed by atoms with Crippen LogP contribution >= 0.6 is 35.3 Å². The number of halogens is 1. The molecule has 5 nitrogen and oxygen atoms in total. The molecule has 27 heavy (non-hydrogen) atoms. The Morgan fingerprint density at radius 2 is 2.15 bits per heavy atom. The van der Waals surface area contributed by atoms with Crippen LogP contribution in [0.3, 0.4) is 0 Å². The maximum absolute atomic E-state index is 4.69. The molecule has 1 atom stereocenters. The first-order chi connectivity index (χ1) is 12.7. The Bertz CT molecular complexity index is 745. The Labute approximate surface area is 183 Å². The third-order valence-electron chi connectivity index (χ3n) is 4.64. The van der Waals surface area contributed by atoms with Crippen LogP contribution in [0.4, 0.5) is 5.69 Å². The van der Waals surface area contributed by atoms with E-state index in [4.69, 9.17) is 0 Å². The van der Waals surface area contributed by atoms with Crippen molar-refractivity contribution in [3.05, 3.63) is 45.9 Å². The van der Waals surface area contributed by atoms with Crippen LogP contribution in [0.2, 0.25) is 0 Å². The molecule has 7 heteroatoms. The van der Waals surface area contributed by atoms with Crippen LogP contribution < -0.4 is 15.5 Å². The van der Waals surface area contributed by atoms with Gasteiger partial charge in [0, 0.05) is 49.7 Å². The van der Waals surface area contributed by atoms with Crippen LogP contribution in [0, 0.1) is 6.92 Å². The monoisotopic (exact) mass is 499 g/mol. The van der Waals surface area contributed by atoms with Crippen molar-refractivity contribution in [3.8, 4) is 0 Å². The first-order valence-electron chi connectivity index (χ1n) is 9.45. The molecule has 1 aliphatic rings. The number of aromatic nitrogens is 1. The number of para-hydroxylation sites is 1. The van der Waals surface area contributed by atoms with E-state index >= 15 is 0 Å². The molecule has 0 amide bonds. The second kappa shape index (κ2) is 10.8. The summed E-state index contributed by atoms with van der Waals surface area (Å²) in [6.07, 6.45) is 2.02. The molecule has 1 unspecified atom stereocenters. The van der Waals surface area contributed by atoms with Gasteiger partial charge in [0.1, 0.15) is 0 Å². The third-order valence-corrected chi connectivity index (χ3v) is 5.46. The second-order valence-electron chi connectivity index (χ2n) is 6.67. The summed E-state index contributed by atoms with van der Waals surface area (Å²) < 4.78 is 0. The number of thiazole rings is 1. The summed E-state index contributed by atoms with van der Waals surface area (Å²) >= 11 is 1.70. The zero-order chi connectivity index (χ0) is 18.4. The quantitative estimate of drug-likeness (QED) is 0.347. The van der Waals surface area contributed by atoms with Crippen molar-refractivity contribution in [3.63, 3.8) is 0 Å². The molecule has 2 heterocycles. The van der Waals surface area contributed by atoms with Crippen molar-refractivity contribution in [2.75, 3.05) is 31.1 Å². The molecule has 1 aliphatic heterocycles. The molecule has 0 fully saturated rings. The van der Waals surface area contributed by atoms with Crippen LogP contribution in [0.5, 0.6) is 0 Å². The molecule has 1 aromatic heterocycles. The first-order valence-corrected chi connectivity index (χ1v) is 10.3. The van der Waals surface area contributed by atoms with Gasteiger partial charge in [-0.15, -0.1) is 35.3 Å². The Morgan fingerprint density at radius 1 is 1.33 bits per heavy atom. The summed E-state index contributed by atoms with van der Waals surface area (Å²) in [5.41, 5.74) is 3.97. The second-order valence-corrected chi connectivity index (χ2v) is 7.73. The third kappa shape index (κ3) is 6.07. The van der Waals surface area contributed by atoms with Gasteiger partial charge >= 0.3 is 0 Å². The van der Waals surface area contributed by atoms with Crippen molar-refractivity contribution >= 4 is 47.0 Å². The Hall–Kier alpha value is -1.35. The Morgan fingerprint density at radius 3 is 2.89 bits per heavy atom. The maximum Gasteiger partial charge on any atom is 0.191 e. The summed E-state index contributed by atoms with van der Waals surface area (Å²) in [6, 6.07) is 9.29. The van der Waals surface area contributed by atoms with Gasteiger partial charge in [-0.05, 0) is 38.8 Å². The van der Waals surface area contributed by atoms with Crippen molar-refractivity contribution in [2.24, 2.45) is 4.99 Å². The maximum atomic E-state index is 4.69. The van der Waals surface area contributed by atoms with E-state index in [1.54, 1.807) is 11.3 Å². The number of hydrogen-bond donors (Lipinski definition) is 2. The van der Waals surface area contributed by atoms with Crippen LogP contribution in [-0.4, -0.2) is 43.2 Å². The molecule has 1 aromatic carbocycles. The molecule has 2 aromatic rings. The summed E-state index contributed by atoms with van der Waals surface area (Å²) in [4.78, 5) is 11.7. The summed E-state index contributed by atoms with van der Waals surface area (Å²) in [5.74, 6) is 0.889. The molecule has 0 aliphatic carbocycles. The molecule has 148 valence electrons. The number of anilines is 1. The topological polar surface area (TPSA) is 52.6 Å². The van der Waals surface area contributed by atoms with Gasteiger partial charge in [0.2, 0.25) is 0 Å². The highest BCUT2D eigenvalue weighted by Gasteiger charge is 2.24. The standard InChI is InChI=1S/C20H29N5S.HI/c1-4-21-20(22-10-9-18-14-26-16(3)24-18)23-11-12-25-15(2)13-17-7-5-6-8-19(17)25;/h5-8,14-15H,4,9-13H2,1-3H3,(H2,21,22,23);1H. The summed E-state index contributed by atoms with van der Waals surface area (Å²) in [7, 11) is 0. The van der Waals surface area contributed by atoms with E-state index in [0.717, 1.165) is 55.7 Å². The summed E-state index contributed by atoms with van der Waals surface area (Å²) in [6.45, 7) is 9.91. The summed E-state index contributed by atoms with van der Waals surface area (Å²) in [5, 5.41) is 10.0. The normalized spacial score (nSPS) is 16.0. The van der Waals surface area contributed by atoms with Gasteiger partial charge in [-0.2, -0.15) is 0 Å². The van der Waals surface area contributed by atoms with Gasteiger partial charge in [-0.3, -0.25) is 4.99 Å². The minimum Gasteiger partial charge on any atom is -0.367 e. The van der Waals surface area contributed by atoms with Crippen molar-refractivity contribution in [2.45, 2.75) is 39.7 Å². The largest absolute Gasteiger partial charge is 0.367 e. The van der Waals surface area contributed by atoms with Crippen LogP contribution in [-0.2, 0) is 12.8 Å². The molecule has 0 saturated heterocycles. The van der Waals surface area contributed by atoms with Crippen molar-refractivity contribution < 1.29 is 0 Å². The SMILES string of the molecule is CCNC(=NCCc1csc(C)n1)NCCN1c2ccccc2CC1C.I. The van der Waals surface area contributed by atoms with Gasteiger partial charge in [0.05, 0.1) is 10.7 Å².